The number of hydrogen-bond donors (Lipinski definition) is 0. The molecule has 2 aliphatic heterocycles. The highest BCUT2D eigenvalue weighted by Crippen LogP contribution is 2.35. The quantitative estimate of drug-likeness (QED) is 0.774. The fourth-order valence-corrected chi connectivity index (χ4v) is 4.00. The zero-order chi connectivity index (χ0) is 14.2. The summed E-state index contributed by atoms with van der Waals surface area (Å²) in [5, 5.41) is 0. The van der Waals surface area contributed by atoms with Crippen LogP contribution in [0, 0.1) is 5.92 Å². The molecule has 5 heteroatoms. The van der Waals surface area contributed by atoms with Gasteiger partial charge in [0, 0.05) is 31.4 Å². The number of aromatic nitrogens is 2. The third-order valence-electron chi connectivity index (χ3n) is 5.03. The van der Waals surface area contributed by atoms with Gasteiger partial charge in [-0.3, -0.25) is 4.79 Å². The van der Waals surface area contributed by atoms with E-state index in [-0.39, 0.29) is 5.92 Å². The Morgan fingerprint density at radius 1 is 1.05 bits per heavy atom. The van der Waals surface area contributed by atoms with E-state index in [1.165, 1.54) is 0 Å². The van der Waals surface area contributed by atoms with Gasteiger partial charge in [0.15, 0.2) is 0 Å². The van der Waals surface area contributed by atoms with E-state index in [0.717, 1.165) is 44.7 Å². The number of carbonyl (C=O) groups is 1. The Morgan fingerprint density at radius 3 is 2.52 bits per heavy atom. The van der Waals surface area contributed by atoms with Gasteiger partial charge in [-0.25, -0.2) is 9.97 Å². The van der Waals surface area contributed by atoms with E-state index in [1.807, 2.05) is 6.07 Å². The van der Waals surface area contributed by atoms with E-state index >= 15 is 0 Å². The van der Waals surface area contributed by atoms with E-state index in [1.54, 1.807) is 12.4 Å². The molecule has 1 amide bonds. The van der Waals surface area contributed by atoms with Crippen molar-refractivity contribution in [1.29, 1.82) is 0 Å². The molecule has 5 nitrogen and oxygen atoms in total. The van der Waals surface area contributed by atoms with Crippen molar-refractivity contribution in [3.8, 4) is 0 Å². The number of carbonyl (C=O) groups excluding carboxylic acids is 1. The van der Waals surface area contributed by atoms with Gasteiger partial charge in [0.05, 0.1) is 12.1 Å². The molecule has 1 aliphatic carbocycles. The monoisotopic (exact) mass is 284 g/mol. The second-order valence-corrected chi connectivity index (χ2v) is 6.13. The largest absolute Gasteiger partial charge is 0.337 e. The molecule has 0 aromatic carbocycles. The second kappa shape index (κ2) is 5.13. The standard InChI is InChI=1S/C16H20N4O/c21-15(12-4-1-2-5-12)19-10-6-14-13(19)7-11-20(14)16-17-8-3-9-18-16/h1-3,8-9,12-14H,4-7,10-11H2/t13-,14+/m0/s1. The first-order chi connectivity index (χ1) is 10.3. The molecule has 110 valence electrons. The summed E-state index contributed by atoms with van der Waals surface area (Å²) in [5.41, 5.74) is 0. The van der Waals surface area contributed by atoms with Crippen LogP contribution in [0.4, 0.5) is 5.95 Å². The van der Waals surface area contributed by atoms with Crippen molar-refractivity contribution in [3.63, 3.8) is 0 Å². The zero-order valence-electron chi connectivity index (χ0n) is 12.1. The number of anilines is 1. The van der Waals surface area contributed by atoms with Crippen molar-refractivity contribution in [2.75, 3.05) is 18.0 Å². The molecule has 2 atom stereocenters. The maximum atomic E-state index is 12.7. The molecule has 0 bridgehead atoms. The lowest BCUT2D eigenvalue weighted by atomic mass is 10.0. The molecule has 0 saturated carbocycles. The molecule has 3 heterocycles. The van der Waals surface area contributed by atoms with Crippen LogP contribution in [0.1, 0.15) is 25.7 Å². The van der Waals surface area contributed by atoms with Crippen LogP contribution in [-0.4, -0.2) is 45.9 Å². The number of allylic oxidation sites excluding steroid dienone is 2. The smallest absolute Gasteiger partial charge is 0.226 e. The summed E-state index contributed by atoms with van der Waals surface area (Å²) in [4.78, 5) is 25.8. The second-order valence-electron chi connectivity index (χ2n) is 6.13. The molecular weight excluding hydrogens is 264 g/mol. The minimum absolute atomic E-state index is 0.186. The molecule has 21 heavy (non-hydrogen) atoms. The summed E-state index contributed by atoms with van der Waals surface area (Å²) in [6, 6.07) is 2.59. The van der Waals surface area contributed by atoms with Gasteiger partial charge < -0.3 is 9.80 Å². The lowest BCUT2D eigenvalue weighted by Gasteiger charge is -2.27. The van der Waals surface area contributed by atoms with Crippen molar-refractivity contribution in [1.82, 2.24) is 14.9 Å². The Kier molecular flexibility index (Phi) is 3.13. The molecule has 4 rings (SSSR count). The first kappa shape index (κ1) is 12.8. The first-order valence-corrected chi connectivity index (χ1v) is 7.84. The number of rotatable bonds is 2. The lowest BCUT2D eigenvalue weighted by Crippen LogP contribution is -2.42. The maximum absolute atomic E-state index is 12.7. The van der Waals surface area contributed by atoms with Crippen LogP contribution in [0.25, 0.3) is 0 Å². The normalized spacial score (nSPS) is 28.4. The summed E-state index contributed by atoms with van der Waals surface area (Å²) in [6.45, 7) is 1.83. The van der Waals surface area contributed by atoms with E-state index in [9.17, 15) is 4.79 Å². The van der Waals surface area contributed by atoms with Gasteiger partial charge in [-0.1, -0.05) is 12.2 Å². The van der Waals surface area contributed by atoms with Gasteiger partial charge in [-0.15, -0.1) is 0 Å². The number of hydrogen-bond acceptors (Lipinski definition) is 4. The fourth-order valence-electron chi connectivity index (χ4n) is 4.00. The predicted octanol–water partition coefficient (Wildman–Crippen LogP) is 1.62. The van der Waals surface area contributed by atoms with Gasteiger partial charge in [0.1, 0.15) is 0 Å². The van der Waals surface area contributed by atoms with Crippen LogP contribution in [-0.2, 0) is 4.79 Å². The molecule has 0 spiro atoms. The summed E-state index contributed by atoms with van der Waals surface area (Å²) < 4.78 is 0. The summed E-state index contributed by atoms with van der Waals surface area (Å²) >= 11 is 0. The Labute approximate surface area is 124 Å². The van der Waals surface area contributed by atoms with Gasteiger partial charge in [0.25, 0.3) is 0 Å². The average Bonchev–Trinajstić information content (AvgIpc) is 3.24. The predicted molar refractivity (Wildman–Crippen MR) is 79.8 cm³/mol. The van der Waals surface area contributed by atoms with E-state index in [4.69, 9.17) is 0 Å². The van der Waals surface area contributed by atoms with E-state index in [2.05, 4.69) is 31.9 Å². The number of fused-ring (bicyclic) bond motifs is 1. The summed E-state index contributed by atoms with van der Waals surface area (Å²) in [7, 11) is 0. The molecule has 1 aromatic heterocycles. The van der Waals surface area contributed by atoms with Gasteiger partial charge in [0.2, 0.25) is 11.9 Å². The number of nitrogens with zero attached hydrogens (tertiary/aromatic N) is 4. The van der Waals surface area contributed by atoms with E-state index in [0.29, 0.717) is 18.0 Å². The Morgan fingerprint density at radius 2 is 1.76 bits per heavy atom. The maximum Gasteiger partial charge on any atom is 0.226 e. The fraction of sp³-hybridized carbons (Fsp3) is 0.562. The van der Waals surface area contributed by atoms with Crippen molar-refractivity contribution >= 4 is 11.9 Å². The molecule has 2 fully saturated rings. The van der Waals surface area contributed by atoms with Gasteiger partial charge >= 0.3 is 0 Å². The molecule has 0 unspecified atom stereocenters. The van der Waals surface area contributed by atoms with Crippen molar-refractivity contribution in [2.45, 2.75) is 37.8 Å². The van der Waals surface area contributed by atoms with Gasteiger partial charge in [-0.2, -0.15) is 0 Å². The number of amides is 1. The molecule has 3 aliphatic rings. The summed E-state index contributed by atoms with van der Waals surface area (Å²) in [6.07, 6.45) is 11.7. The topological polar surface area (TPSA) is 49.3 Å². The lowest BCUT2D eigenvalue weighted by molar-refractivity contribution is -0.135. The number of likely N-dealkylation sites (tertiary alicyclic amines) is 1. The highest BCUT2D eigenvalue weighted by atomic mass is 16.2. The van der Waals surface area contributed by atoms with Crippen LogP contribution in [0.3, 0.4) is 0 Å². The van der Waals surface area contributed by atoms with Crippen LogP contribution in [0.5, 0.6) is 0 Å². The van der Waals surface area contributed by atoms with Crippen molar-refractivity contribution in [2.24, 2.45) is 5.92 Å². The Bertz CT molecular complexity index is 551. The molecular formula is C16H20N4O. The van der Waals surface area contributed by atoms with Crippen molar-refractivity contribution < 1.29 is 4.79 Å². The minimum Gasteiger partial charge on any atom is -0.337 e. The molecule has 0 N–H and O–H groups in total. The van der Waals surface area contributed by atoms with Crippen LogP contribution < -0.4 is 4.90 Å². The third kappa shape index (κ3) is 2.11. The highest BCUT2D eigenvalue weighted by Gasteiger charge is 2.46. The molecule has 0 radical (unpaired) electrons. The Balaban J connectivity index is 1.49. The average molecular weight is 284 g/mol. The molecule has 2 saturated heterocycles. The van der Waals surface area contributed by atoms with Crippen LogP contribution >= 0.6 is 0 Å². The SMILES string of the molecule is O=C(C1CC=CC1)N1CC[C@@H]2[C@@H]1CCN2c1ncccn1. The Hall–Kier alpha value is -1.91. The molecule has 1 aromatic rings. The highest BCUT2D eigenvalue weighted by molar-refractivity contribution is 5.80. The van der Waals surface area contributed by atoms with Gasteiger partial charge in [-0.05, 0) is 31.7 Å². The minimum atomic E-state index is 0.186. The van der Waals surface area contributed by atoms with Crippen LogP contribution in [0.15, 0.2) is 30.6 Å². The first-order valence-electron chi connectivity index (χ1n) is 7.84. The van der Waals surface area contributed by atoms with E-state index < -0.39 is 0 Å². The van der Waals surface area contributed by atoms with Crippen LogP contribution in [0.2, 0.25) is 0 Å². The summed E-state index contributed by atoms with van der Waals surface area (Å²) in [5.74, 6) is 1.34. The zero-order valence-corrected chi connectivity index (χ0v) is 12.1. The third-order valence-corrected chi connectivity index (χ3v) is 5.03. The van der Waals surface area contributed by atoms with Crippen molar-refractivity contribution in [3.05, 3.63) is 30.6 Å².